The van der Waals surface area contributed by atoms with Crippen molar-refractivity contribution in [2.45, 2.75) is 38.8 Å². The van der Waals surface area contributed by atoms with E-state index in [9.17, 15) is 4.79 Å². The lowest BCUT2D eigenvalue weighted by Gasteiger charge is -2.17. The van der Waals surface area contributed by atoms with Crippen molar-refractivity contribution in [2.75, 3.05) is 7.05 Å². The Hall–Kier alpha value is -3.96. The summed E-state index contributed by atoms with van der Waals surface area (Å²) < 4.78 is 5.96. The Kier molecular flexibility index (Phi) is 6.24. The predicted octanol–water partition coefficient (Wildman–Crippen LogP) is 3.45. The van der Waals surface area contributed by atoms with Gasteiger partial charge < -0.3 is 16.2 Å². The molecule has 168 valence electrons. The minimum atomic E-state index is -0.256. The number of para-hydroxylation sites is 1. The Morgan fingerprint density at radius 1 is 1.39 bits per heavy atom. The molecule has 2 aromatic carbocycles. The smallest absolute Gasteiger partial charge is 0.272 e. The number of aromatic amines is 1. The largest absolute Gasteiger partial charge is 0.501 e. The number of ether oxygens (including phenoxy) is 1. The van der Waals surface area contributed by atoms with Crippen LogP contribution in [0.4, 0.5) is 5.69 Å². The molecule has 1 saturated carbocycles. The molecule has 0 radical (unpaired) electrons. The lowest BCUT2D eigenvalue weighted by atomic mass is 9.91. The molecular weight excluding hydrogens is 416 g/mol. The van der Waals surface area contributed by atoms with Crippen molar-refractivity contribution in [3.8, 4) is 5.75 Å². The number of fused-ring (bicyclic) bond motifs is 1. The molecule has 1 heterocycles. The van der Waals surface area contributed by atoms with Crippen molar-refractivity contribution in [2.24, 2.45) is 16.5 Å². The summed E-state index contributed by atoms with van der Waals surface area (Å²) in [5, 5.41) is 7.92. The van der Waals surface area contributed by atoms with Gasteiger partial charge in [0.05, 0.1) is 29.5 Å². The van der Waals surface area contributed by atoms with Crippen molar-refractivity contribution in [3.63, 3.8) is 0 Å². The third-order valence-corrected chi connectivity index (χ3v) is 5.76. The molecule has 0 amide bonds. The first-order valence-electron chi connectivity index (χ1n) is 10.9. The van der Waals surface area contributed by atoms with Crippen molar-refractivity contribution in [1.29, 1.82) is 0 Å². The van der Waals surface area contributed by atoms with Crippen molar-refractivity contribution in [3.05, 3.63) is 80.7 Å². The highest BCUT2D eigenvalue weighted by Crippen LogP contribution is 2.38. The number of aryl methyl sites for hydroxylation is 1. The Morgan fingerprint density at radius 2 is 2.18 bits per heavy atom. The fraction of sp³-hybridized carbons (Fsp3) is 0.280. The molecule has 0 aliphatic heterocycles. The maximum atomic E-state index is 12.5. The van der Waals surface area contributed by atoms with Gasteiger partial charge in [0.2, 0.25) is 5.69 Å². The fourth-order valence-corrected chi connectivity index (χ4v) is 4.01. The van der Waals surface area contributed by atoms with Gasteiger partial charge in [-0.15, -0.1) is 0 Å². The summed E-state index contributed by atoms with van der Waals surface area (Å²) >= 11 is 0. The van der Waals surface area contributed by atoms with Gasteiger partial charge in [0.15, 0.2) is 0 Å². The van der Waals surface area contributed by atoms with Crippen molar-refractivity contribution < 1.29 is 4.74 Å². The van der Waals surface area contributed by atoms with Gasteiger partial charge in [-0.3, -0.25) is 9.79 Å². The van der Waals surface area contributed by atoms with E-state index < -0.39 is 0 Å². The van der Waals surface area contributed by atoms with Crippen LogP contribution in [-0.2, 0) is 13.0 Å². The number of nitrogens with one attached hydrogen (secondary N) is 1. The van der Waals surface area contributed by atoms with Gasteiger partial charge >= 0.3 is 0 Å². The number of hydrogen-bond acceptors (Lipinski definition) is 6. The van der Waals surface area contributed by atoms with Gasteiger partial charge in [0, 0.05) is 36.3 Å². The van der Waals surface area contributed by atoms with Crippen LogP contribution in [0.3, 0.4) is 0 Å². The Bertz CT molecular complexity index is 1380. The number of nitrogens with zero attached hydrogens (tertiary/aromatic N) is 3. The van der Waals surface area contributed by atoms with Crippen LogP contribution in [0.1, 0.15) is 42.1 Å². The van der Waals surface area contributed by atoms with Crippen LogP contribution in [0.5, 0.6) is 5.75 Å². The molecule has 1 aliphatic rings. The van der Waals surface area contributed by atoms with Crippen LogP contribution in [0.25, 0.3) is 21.2 Å². The second kappa shape index (κ2) is 9.27. The molecule has 0 bridgehead atoms. The van der Waals surface area contributed by atoms with Gasteiger partial charge in [0.1, 0.15) is 5.75 Å². The highest BCUT2D eigenvalue weighted by molar-refractivity contribution is 6.34. The van der Waals surface area contributed by atoms with E-state index in [1.54, 1.807) is 7.05 Å². The lowest BCUT2D eigenvalue weighted by molar-refractivity contribution is 0.305. The van der Waals surface area contributed by atoms with Crippen LogP contribution >= 0.6 is 0 Å². The summed E-state index contributed by atoms with van der Waals surface area (Å²) in [5.74, 6) is 0.552. The minimum Gasteiger partial charge on any atom is -0.501 e. The van der Waals surface area contributed by atoms with Gasteiger partial charge in [0.25, 0.3) is 5.56 Å². The molecule has 0 spiro atoms. The van der Waals surface area contributed by atoms with Crippen molar-refractivity contribution >= 4 is 27.7 Å². The number of aromatic nitrogens is 2. The zero-order chi connectivity index (χ0) is 23.5. The van der Waals surface area contributed by atoms with E-state index in [2.05, 4.69) is 20.0 Å². The molecule has 5 N–H and O–H groups in total. The average Bonchev–Trinajstić information content (AvgIpc) is 3.66. The Balaban J connectivity index is 1.90. The van der Waals surface area contributed by atoms with Gasteiger partial charge in [-0.25, -0.2) is 9.94 Å². The second-order valence-corrected chi connectivity index (χ2v) is 7.85. The summed E-state index contributed by atoms with van der Waals surface area (Å²) in [7, 11) is 1.67. The molecule has 1 aromatic heterocycles. The van der Waals surface area contributed by atoms with E-state index in [-0.39, 0.29) is 18.2 Å². The molecule has 1 aliphatic carbocycles. The van der Waals surface area contributed by atoms with Gasteiger partial charge in [-0.05, 0) is 42.5 Å². The summed E-state index contributed by atoms with van der Waals surface area (Å²) in [4.78, 5) is 20.8. The first kappa shape index (κ1) is 22.2. The first-order chi connectivity index (χ1) is 16.1. The monoisotopic (exact) mass is 442 g/mol. The zero-order valence-electron chi connectivity index (χ0n) is 18.7. The Morgan fingerprint density at radius 3 is 2.79 bits per heavy atom. The summed E-state index contributed by atoms with van der Waals surface area (Å²) in [5.41, 5.74) is 16.2. The number of allylic oxidation sites excluding steroid dienone is 1. The van der Waals surface area contributed by atoms with Gasteiger partial charge in [-0.1, -0.05) is 25.1 Å². The highest BCUT2D eigenvalue weighted by Gasteiger charge is 2.26. The molecule has 1 fully saturated rings. The maximum Gasteiger partial charge on any atom is 0.272 e. The molecule has 33 heavy (non-hydrogen) atoms. The maximum absolute atomic E-state index is 12.5. The number of nitrogens with two attached hydrogens (primary N) is 2. The Labute approximate surface area is 191 Å². The highest BCUT2D eigenvalue weighted by atomic mass is 16.5. The van der Waals surface area contributed by atoms with E-state index in [4.69, 9.17) is 22.8 Å². The third-order valence-electron chi connectivity index (χ3n) is 5.76. The summed E-state index contributed by atoms with van der Waals surface area (Å²) in [6, 6.07) is 9.31. The number of benzene rings is 2. The third kappa shape index (κ3) is 4.11. The normalized spacial score (nSPS) is 14.4. The fourth-order valence-electron chi connectivity index (χ4n) is 4.01. The topological polar surface area (TPSA) is 124 Å². The quantitative estimate of drug-likeness (QED) is 0.382. The molecule has 0 saturated heterocycles. The molecule has 4 rings (SSSR count). The van der Waals surface area contributed by atoms with Crippen molar-refractivity contribution in [1.82, 2.24) is 10.2 Å². The number of H-pyrrole nitrogens is 1. The van der Waals surface area contributed by atoms with E-state index in [1.165, 1.54) is 6.20 Å². The molecule has 8 nitrogen and oxygen atoms in total. The van der Waals surface area contributed by atoms with Crippen LogP contribution in [0.2, 0.25) is 0 Å². The van der Waals surface area contributed by atoms with Crippen LogP contribution in [-0.4, -0.2) is 29.1 Å². The number of rotatable bonds is 7. The van der Waals surface area contributed by atoms with Crippen LogP contribution < -0.4 is 21.8 Å². The predicted molar refractivity (Wildman–Crippen MR) is 131 cm³/mol. The standard InChI is InChI=1S/C25H26N6O2/c1-4-14-10-15(11-18-20(13-27)30-31-25(32)22(14)18)19(12-26)23(28-2)17-6-5-7-21(24(17)29-3)33-16-8-9-16/h5-7,10-12,16H,4,8-9,13,26-27H2,1-2H3,(H,31,32)/b19-12-,28-23?. The lowest BCUT2D eigenvalue weighted by Crippen LogP contribution is -2.16. The van der Waals surface area contributed by atoms with Crippen LogP contribution in [0, 0.1) is 6.57 Å². The number of aliphatic imine (C=N–C) groups is 1. The summed E-state index contributed by atoms with van der Waals surface area (Å²) in [6.45, 7) is 9.95. The molecule has 0 atom stereocenters. The first-order valence-corrected chi connectivity index (χ1v) is 10.9. The van der Waals surface area contributed by atoms with E-state index in [1.807, 2.05) is 37.3 Å². The van der Waals surface area contributed by atoms with E-state index >= 15 is 0 Å². The summed E-state index contributed by atoms with van der Waals surface area (Å²) in [6.07, 6.45) is 4.28. The van der Waals surface area contributed by atoms with E-state index in [0.29, 0.717) is 51.2 Å². The van der Waals surface area contributed by atoms with E-state index in [0.717, 1.165) is 24.0 Å². The van der Waals surface area contributed by atoms with Gasteiger partial charge in [-0.2, -0.15) is 5.10 Å². The number of hydrogen-bond donors (Lipinski definition) is 3. The van der Waals surface area contributed by atoms with Crippen LogP contribution in [0.15, 0.2) is 46.3 Å². The molecule has 8 heteroatoms. The zero-order valence-corrected chi connectivity index (χ0v) is 18.7. The SMILES string of the molecule is [C-]#[N+]c1c(OC2CC2)cccc1C(=NC)/C(=C\N)c1cc(CC)c2c(=O)[nH]nc(CN)c2c1. The molecular formula is C25H26N6O2. The molecule has 0 unspecified atom stereocenters. The molecule has 3 aromatic rings. The average molecular weight is 443 g/mol. The minimum absolute atomic E-state index is 0.167. The second-order valence-electron chi connectivity index (χ2n) is 7.85.